The molecule has 0 radical (unpaired) electrons. The second kappa shape index (κ2) is 8.11. The van der Waals surface area contributed by atoms with Gasteiger partial charge in [0.1, 0.15) is 17.3 Å². The van der Waals surface area contributed by atoms with E-state index in [-0.39, 0.29) is 17.6 Å². The van der Waals surface area contributed by atoms with Crippen LogP contribution in [-0.4, -0.2) is 36.1 Å². The van der Waals surface area contributed by atoms with Gasteiger partial charge in [0.15, 0.2) is 5.76 Å². The van der Waals surface area contributed by atoms with E-state index in [1.165, 1.54) is 7.05 Å². The van der Waals surface area contributed by atoms with Crippen LogP contribution in [-0.2, 0) is 0 Å². The highest BCUT2D eigenvalue weighted by Gasteiger charge is 2.29. The van der Waals surface area contributed by atoms with Crippen molar-refractivity contribution in [2.24, 2.45) is 0 Å². The standard InChI is InChI=1S/C25H22N4O5/c1-12-22(13(2)34-29-12)23-17(16-10-15(32-4)6-7-19(16)28-23)11-21-24(30)18-9-14(27-25(31)26-3)5-8-20(18)33-21/h5-11,28H,1-4H3,(H2,26,27,31). The van der Waals surface area contributed by atoms with Crippen LogP contribution in [0.3, 0.4) is 0 Å². The molecule has 0 saturated carbocycles. The monoisotopic (exact) mass is 458 g/mol. The highest BCUT2D eigenvalue weighted by Crippen LogP contribution is 2.39. The number of carbonyl (C=O) groups excluding carboxylic acids is 2. The second-order valence-electron chi connectivity index (χ2n) is 7.88. The van der Waals surface area contributed by atoms with Gasteiger partial charge in [-0.1, -0.05) is 5.16 Å². The molecule has 2 aromatic carbocycles. The third-order valence-corrected chi connectivity index (χ3v) is 5.76. The molecule has 2 amide bonds. The zero-order valence-electron chi connectivity index (χ0n) is 19.0. The van der Waals surface area contributed by atoms with Gasteiger partial charge < -0.3 is 29.6 Å². The van der Waals surface area contributed by atoms with E-state index in [1.54, 1.807) is 31.4 Å². The Morgan fingerprint density at radius 2 is 2.00 bits per heavy atom. The molecule has 0 aliphatic carbocycles. The molecular formula is C25H22N4O5. The summed E-state index contributed by atoms with van der Waals surface area (Å²) < 4.78 is 16.7. The van der Waals surface area contributed by atoms with Gasteiger partial charge in [0.2, 0.25) is 5.78 Å². The summed E-state index contributed by atoms with van der Waals surface area (Å²) in [6.45, 7) is 3.70. The number of hydrogen-bond donors (Lipinski definition) is 3. The summed E-state index contributed by atoms with van der Waals surface area (Å²) in [5.74, 6) is 1.65. The lowest BCUT2D eigenvalue weighted by Gasteiger charge is -2.05. The van der Waals surface area contributed by atoms with Gasteiger partial charge in [0.25, 0.3) is 0 Å². The number of fused-ring (bicyclic) bond motifs is 2. The summed E-state index contributed by atoms with van der Waals surface area (Å²) in [6.07, 6.45) is 1.72. The molecule has 1 aliphatic rings. The molecule has 1 aliphatic heterocycles. The minimum Gasteiger partial charge on any atom is -0.497 e. The van der Waals surface area contributed by atoms with Crippen molar-refractivity contribution in [3.63, 3.8) is 0 Å². The first-order valence-corrected chi connectivity index (χ1v) is 10.6. The van der Waals surface area contributed by atoms with E-state index in [1.807, 2.05) is 32.0 Å². The number of H-pyrrole nitrogens is 1. The fraction of sp³-hybridized carbons (Fsp3) is 0.160. The van der Waals surface area contributed by atoms with E-state index in [2.05, 4.69) is 20.8 Å². The molecule has 34 heavy (non-hydrogen) atoms. The van der Waals surface area contributed by atoms with Crippen LogP contribution in [0.5, 0.6) is 11.5 Å². The third kappa shape index (κ3) is 3.47. The topological polar surface area (TPSA) is 118 Å². The molecular weight excluding hydrogens is 436 g/mol. The quantitative estimate of drug-likeness (QED) is 0.378. The number of nitrogens with one attached hydrogen (secondary N) is 3. The van der Waals surface area contributed by atoms with Crippen LogP contribution < -0.4 is 20.1 Å². The molecule has 3 heterocycles. The maximum atomic E-state index is 13.2. The first-order chi connectivity index (χ1) is 16.4. The molecule has 0 saturated heterocycles. The Kier molecular flexibility index (Phi) is 5.09. The van der Waals surface area contributed by atoms with Crippen molar-refractivity contribution in [1.82, 2.24) is 15.5 Å². The highest BCUT2D eigenvalue weighted by molar-refractivity contribution is 6.16. The number of methoxy groups -OCH3 is 1. The summed E-state index contributed by atoms with van der Waals surface area (Å²) in [5.41, 5.74) is 4.79. The van der Waals surface area contributed by atoms with Crippen LogP contribution >= 0.6 is 0 Å². The van der Waals surface area contributed by atoms with Crippen LogP contribution in [0.4, 0.5) is 10.5 Å². The van der Waals surface area contributed by atoms with E-state index in [0.29, 0.717) is 28.5 Å². The Morgan fingerprint density at radius 3 is 2.71 bits per heavy atom. The Labute approximate surface area is 194 Å². The lowest BCUT2D eigenvalue weighted by Crippen LogP contribution is -2.24. The summed E-state index contributed by atoms with van der Waals surface area (Å²) in [5, 5.41) is 10.1. The molecule has 4 aromatic rings. The van der Waals surface area contributed by atoms with Crippen molar-refractivity contribution in [2.75, 3.05) is 19.5 Å². The van der Waals surface area contributed by atoms with Gasteiger partial charge in [-0.2, -0.15) is 0 Å². The number of ketones is 1. The normalized spacial score (nSPS) is 13.8. The molecule has 0 unspecified atom stereocenters. The van der Waals surface area contributed by atoms with Crippen LogP contribution in [0, 0.1) is 13.8 Å². The second-order valence-corrected chi connectivity index (χ2v) is 7.88. The number of nitrogens with zero attached hydrogens (tertiary/aromatic N) is 1. The predicted molar refractivity (Wildman–Crippen MR) is 127 cm³/mol. The minimum absolute atomic E-state index is 0.170. The molecule has 2 aromatic heterocycles. The Hall–Kier alpha value is -4.53. The van der Waals surface area contributed by atoms with Crippen LogP contribution in [0.1, 0.15) is 27.4 Å². The van der Waals surface area contributed by atoms with E-state index in [9.17, 15) is 9.59 Å². The number of Topliss-reactive ketones (excluding diaryl/α,β-unsaturated/α-hetero) is 1. The van der Waals surface area contributed by atoms with Crippen molar-refractivity contribution in [3.8, 4) is 22.8 Å². The van der Waals surface area contributed by atoms with Crippen LogP contribution in [0.2, 0.25) is 0 Å². The Morgan fingerprint density at radius 1 is 1.18 bits per heavy atom. The van der Waals surface area contributed by atoms with Crippen molar-refractivity contribution < 1.29 is 23.6 Å². The zero-order valence-corrected chi connectivity index (χ0v) is 19.0. The van der Waals surface area contributed by atoms with Crippen LogP contribution in [0.15, 0.2) is 46.7 Å². The summed E-state index contributed by atoms with van der Waals surface area (Å²) in [4.78, 5) is 28.3. The molecule has 0 bridgehead atoms. The molecule has 172 valence electrons. The number of rotatable bonds is 4. The number of hydrogen-bond acceptors (Lipinski definition) is 6. The van der Waals surface area contributed by atoms with Gasteiger partial charge in [-0.05, 0) is 56.3 Å². The number of ether oxygens (including phenoxy) is 2. The lowest BCUT2D eigenvalue weighted by atomic mass is 10.0. The number of aromatic nitrogens is 2. The van der Waals surface area contributed by atoms with Gasteiger partial charge >= 0.3 is 6.03 Å². The minimum atomic E-state index is -0.376. The summed E-state index contributed by atoms with van der Waals surface area (Å²) >= 11 is 0. The molecule has 0 fully saturated rings. The van der Waals surface area contributed by atoms with E-state index in [0.717, 1.165) is 33.4 Å². The fourth-order valence-corrected chi connectivity index (χ4v) is 4.10. The van der Waals surface area contributed by atoms with Gasteiger partial charge in [-0.25, -0.2) is 4.79 Å². The Bertz CT molecular complexity index is 1480. The highest BCUT2D eigenvalue weighted by atomic mass is 16.5. The smallest absolute Gasteiger partial charge is 0.318 e. The average molecular weight is 458 g/mol. The van der Waals surface area contributed by atoms with E-state index < -0.39 is 0 Å². The lowest BCUT2D eigenvalue weighted by molar-refractivity contribution is 0.101. The molecule has 9 heteroatoms. The van der Waals surface area contributed by atoms with E-state index in [4.69, 9.17) is 14.0 Å². The number of amides is 2. The maximum absolute atomic E-state index is 13.2. The first-order valence-electron chi connectivity index (χ1n) is 10.6. The summed E-state index contributed by atoms with van der Waals surface area (Å²) in [6, 6.07) is 10.2. The number of aryl methyl sites for hydroxylation is 2. The number of allylic oxidation sites excluding steroid dienone is 1. The summed E-state index contributed by atoms with van der Waals surface area (Å²) in [7, 11) is 3.12. The largest absolute Gasteiger partial charge is 0.497 e. The third-order valence-electron chi connectivity index (χ3n) is 5.76. The zero-order chi connectivity index (χ0) is 24.0. The number of urea groups is 1. The van der Waals surface area contributed by atoms with Crippen molar-refractivity contribution in [2.45, 2.75) is 13.8 Å². The predicted octanol–water partition coefficient (Wildman–Crippen LogP) is 4.82. The molecule has 0 spiro atoms. The molecule has 0 atom stereocenters. The number of anilines is 1. The van der Waals surface area contributed by atoms with Crippen LogP contribution in [0.25, 0.3) is 28.2 Å². The molecule has 9 nitrogen and oxygen atoms in total. The van der Waals surface area contributed by atoms with Gasteiger partial charge in [-0.3, -0.25) is 4.79 Å². The SMILES string of the molecule is CNC(=O)Nc1ccc2c(c1)C(=O)C(=Cc1c(-c3c(C)noc3C)[nH]c3ccc(OC)cc13)O2. The molecule has 3 N–H and O–H groups in total. The first kappa shape index (κ1) is 21.3. The van der Waals surface area contributed by atoms with Gasteiger partial charge in [0.05, 0.1) is 29.6 Å². The van der Waals surface area contributed by atoms with Gasteiger partial charge in [-0.15, -0.1) is 0 Å². The number of carbonyl (C=O) groups is 2. The van der Waals surface area contributed by atoms with Crippen molar-refractivity contribution in [1.29, 1.82) is 0 Å². The van der Waals surface area contributed by atoms with E-state index >= 15 is 0 Å². The average Bonchev–Trinajstić information content (AvgIpc) is 3.46. The van der Waals surface area contributed by atoms with Gasteiger partial charge in [0, 0.05) is 29.2 Å². The van der Waals surface area contributed by atoms with Crippen molar-refractivity contribution >= 4 is 34.5 Å². The molecule has 5 rings (SSSR count). The maximum Gasteiger partial charge on any atom is 0.318 e. The fourth-order valence-electron chi connectivity index (χ4n) is 4.10. The number of aromatic amines is 1. The Balaban J connectivity index is 1.64. The van der Waals surface area contributed by atoms with Crippen molar-refractivity contribution in [3.05, 3.63) is 64.7 Å². The number of benzene rings is 2.